The molecule has 0 N–H and O–H groups in total. The van der Waals surface area contributed by atoms with Crippen LogP contribution < -0.4 is 0 Å². The minimum absolute atomic E-state index is 0.0331. The van der Waals surface area contributed by atoms with E-state index in [-0.39, 0.29) is 5.41 Å². The number of benzene rings is 1. The lowest BCUT2D eigenvalue weighted by Gasteiger charge is -2.35. The zero-order valence-corrected chi connectivity index (χ0v) is 14.2. The van der Waals surface area contributed by atoms with Gasteiger partial charge in [0.2, 0.25) is 0 Å². The number of hydrogen-bond donors (Lipinski definition) is 0. The molecule has 118 valence electrons. The monoisotopic (exact) mass is 331 g/mol. The molecular formula is C20H17N3S. The molecule has 24 heavy (non-hydrogen) atoms. The summed E-state index contributed by atoms with van der Waals surface area (Å²) in [6.07, 6.45) is 6.28. The zero-order valence-electron chi connectivity index (χ0n) is 13.4. The molecule has 1 aliphatic heterocycles. The summed E-state index contributed by atoms with van der Waals surface area (Å²) in [4.78, 5) is 6.67. The number of thiophene rings is 1. The standard InChI is InChI=1S/C20H17N3S/c21-11-8-19-20(9-2-1-3-10-20)16-12-14(4-6-17(16)23-19)18-7-5-15(13-22)24-18/h4-7,12H,1-3,8-10H2. The van der Waals surface area contributed by atoms with Gasteiger partial charge in [0.1, 0.15) is 10.9 Å². The Labute approximate surface area is 145 Å². The fraction of sp³-hybridized carbons (Fsp3) is 0.350. The van der Waals surface area contributed by atoms with Gasteiger partial charge in [-0.2, -0.15) is 10.5 Å². The fourth-order valence-corrected chi connectivity index (χ4v) is 4.93. The Hall–Kier alpha value is -2.43. The molecule has 1 spiro atoms. The van der Waals surface area contributed by atoms with E-state index < -0.39 is 0 Å². The number of hydrogen-bond acceptors (Lipinski definition) is 4. The summed E-state index contributed by atoms with van der Waals surface area (Å²) in [6, 6.07) is 14.8. The van der Waals surface area contributed by atoms with Crippen molar-refractivity contribution in [2.24, 2.45) is 4.99 Å². The molecule has 1 aliphatic carbocycles. The summed E-state index contributed by atoms with van der Waals surface area (Å²) < 4.78 is 0. The van der Waals surface area contributed by atoms with Gasteiger partial charge in [-0.05, 0) is 48.2 Å². The zero-order chi connectivity index (χ0) is 16.6. The van der Waals surface area contributed by atoms with E-state index in [1.807, 2.05) is 12.1 Å². The van der Waals surface area contributed by atoms with Gasteiger partial charge in [0.25, 0.3) is 0 Å². The predicted octanol–water partition coefficient (Wildman–Crippen LogP) is 5.49. The first-order valence-electron chi connectivity index (χ1n) is 8.37. The fourth-order valence-electron chi connectivity index (χ4n) is 4.13. The van der Waals surface area contributed by atoms with Crippen molar-refractivity contribution in [1.29, 1.82) is 10.5 Å². The van der Waals surface area contributed by atoms with Crippen LogP contribution in [0.3, 0.4) is 0 Å². The number of aliphatic imine (C=N–C) groups is 1. The van der Waals surface area contributed by atoms with E-state index in [1.165, 1.54) is 36.2 Å². The lowest BCUT2D eigenvalue weighted by Crippen LogP contribution is -2.35. The normalized spacial score (nSPS) is 17.8. The molecule has 1 fully saturated rings. The first kappa shape index (κ1) is 15.1. The van der Waals surface area contributed by atoms with E-state index in [4.69, 9.17) is 10.3 Å². The maximum absolute atomic E-state index is 9.22. The van der Waals surface area contributed by atoms with Crippen molar-refractivity contribution in [1.82, 2.24) is 0 Å². The van der Waals surface area contributed by atoms with Crippen molar-refractivity contribution in [3.63, 3.8) is 0 Å². The Morgan fingerprint density at radius 3 is 2.62 bits per heavy atom. The number of nitrogens with zero attached hydrogens (tertiary/aromatic N) is 3. The largest absolute Gasteiger partial charge is 0.255 e. The maximum atomic E-state index is 9.22. The lowest BCUT2D eigenvalue weighted by molar-refractivity contribution is 0.383. The molecule has 0 amide bonds. The second-order valence-corrected chi connectivity index (χ2v) is 7.63. The third-order valence-corrected chi connectivity index (χ3v) is 6.31. The van der Waals surface area contributed by atoms with Crippen molar-refractivity contribution in [3.05, 3.63) is 40.8 Å². The molecular weight excluding hydrogens is 314 g/mol. The highest BCUT2D eigenvalue weighted by molar-refractivity contribution is 7.16. The summed E-state index contributed by atoms with van der Waals surface area (Å²) >= 11 is 1.53. The van der Waals surface area contributed by atoms with Crippen LogP contribution in [-0.4, -0.2) is 5.71 Å². The van der Waals surface area contributed by atoms with Crippen LogP contribution in [0.25, 0.3) is 10.4 Å². The van der Waals surface area contributed by atoms with Crippen LogP contribution in [0.15, 0.2) is 35.3 Å². The SMILES string of the molecule is N#CCC1=Nc2ccc(-c3ccc(C#N)s3)cc2C12CCCCC2. The van der Waals surface area contributed by atoms with Crippen molar-refractivity contribution < 1.29 is 0 Å². The van der Waals surface area contributed by atoms with E-state index in [2.05, 4.69) is 30.3 Å². The van der Waals surface area contributed by atoms with Crippen molar-refractivity contribution in [2.45, 2.75) is 43.9 Å². The topological polar surface area (TPSA) is 59.9 Å². The van der Waals surface area contributed by atoms with Crippen molar-refractivity contribution in [2.75, 3.05) is 0 Å². The summed E-state index contributed by atoms with van der Waals surface area (Å²) in [7, 11) is 0. The van der Waals surface area contributed by atoms with E-state index in [9.17, 15) is 5.26 Å². The van der Waals surface area contributed by atoms with Gasteiger partial charge in [-0.1, -0.05) is 25.3 Å². The van der Waals surface area contributed by atoms with Gasteiger partial charge in [-0.25, -0.2) is 0 Å². The van der Waals surface area contributed by atoms with Crippen molar-refractivity contribution >= 4 is 22.7 Å². The maximum Gasteiger partial charge on any atom is 0.110 e. The number of nitriles is 2. The molecule has 2 heterocycles. The van der Waals surface area contributed by atoms with Gasteiger partial charge in [0, 0.05) is 16.0 Å². The molecule has 3 nitrogen and oxygen atoms in total. The van der Waals surface area contributed by atoms with Crippen LogP contribution >= 0.6 is 11.3 Å². The Kier molecular flexibility index (Phi) is 3.71. The number of rotatable bonds is 2. The van der Waals surface area contributed by atoms with Crippen LogP contribution in [0.5, 0.6) is 0 Å². The van der Waals surface area contributed by atoms with E-state index in [1.54, 1.807) is 0 Å². The quantitative estimate of drug-likeness (QED) is 0.730. The van der Waals surface area contributed by atoms with Gasteiger partial charge in [0.15, 0.2) is 0 Å². The minimum Gasteiger partial charge on any atom is -0.255 e. The molecule has 4 heteroatoms. The second kappa shape index (κ2) is 5.89. The van der Waals surface area contributed by atoms with E-state index in [0.717, 1.165) is 39.6 Å². The highest BCUT2D eigenvalue weighted by Crippen LogP contribution is 2.50. The molecule has 0 bridgehead atoms. The molecule has 0 unspecified atom stereocenters. The molecule has 1 saturated carbocycles. The molecule has 0 radical (unpaired) electrons. The molecule has 2 aliphatic rings. The molecule has 0 saturated heterocycles. The first-order valence-corrected chi connectivity index (χ1v) is 9.18. The van der Waals surface area contributed by atoms with Crippen LogP contribution in [0.1, 0.15) is 49.0 Å². The molecule has 2 aromatic rings. The molecule has 4 rings (SSSR count). The predicted molar refractivity (Wildman–Crippen MR) is 96.6 cm³/mol. The number of fused-ring (bicyclic) bond motifs is 2. The third-order valence-electron chi connectivity index (χ3n) is 5.27. The Morgan fingerprint density at radius 2 is 1.92 bits per heavy atom. The van der Waals surface area contributed by atoms with Crippen LogP contribution in [0.2, 0.25) is 0 Å². The lowest BCUT2D eigenvalue weighted by atomic mass is 9.66. The second-order valence-electron chi connectivity index (χ2n) is 6.54. The van der Waals surface area contributed by atoms with Gasteiger partial charge in [-0.3, -0.25) is 4.99 Å². The Morgan fingerprint density at radius 1 is 1.08 bits per heavy atom. The van der Waals surface area contributed by atoms with Gasteiger partial charge < -0.3 is 0 Å². The average Bonchev–Trinajstić information content (AvgIpc) is 3.20. The summed E-state index contributed by atoms with van der Waals surface area (Å²) in [5, 5.41) is 18.3. The molecule has 1 aromatic carbocycles. The summed E-state index contributed by atoms with van der Waals surface area (Å²) in [6.45, 7) is 0. The Balaban J connectivity index is 1.80. The highest BCUT2D eigenvalue weighted by atomic mass is 32.1. The molecule has 0 atom stereocenters. The van der Waals surface area contributed by atoms with E-state index in [0.29, 0.717) is 6.42 Å². The summed E-state index contributed by atoms with van der Waals surface area (Å²) in [5.41, 5.74) is 4.49. The third kappa shape index (κ3) is 2.27. The molecule has 1 aromatic heterocycles. The first-order chi connectivity index (χ1) is 11.8. The summed E-state index contributed by atoms with van der Waals surface area (Å²) in [5.74, 6) is 0. The van der Waals surface area contributed by atoms with Gasteiger partial charge >= 0.3 is 0 Å². The van der Waals surface area contributed by atoms with Gasteiger partial charge in [-0.15, -0.1) is 11.3 Å². The smallest absolute Gasteiger partial charge is 0.110 e. The van der Waals surface area contributed by atoms with E-state index >= 15 is 0 Å². The minimum atomic E-state index is -0.0331. The van der Waals surface area contributed by atoms with Crippen LogP contribution in [0.4, 0.5) is 5.69 Å². The van der Waals surface area contributed by atoms with Crippen molar-refractivity contribution in [3.8, 4) is 22.6 Å². The van der Waals surface area contributed by atoms with Crippen LogP contribution in [0, 0.1) is 22.7 Å². The van der Waals surface area contributed by atoms with Gasteiger partial charge in [0.05, 0.1) is 18.2 Å². The average molecular weight is 331 g/mol. The highest BCUT2D eigenvalue weighted by Gasteiger charge is 2.43. The Bertz CT molecular complexity index is 902. The van der Waals surface area contributed by atoms with Crippen LogP contribution in [-0.2, 0) is 5.41 Å².